The maximum Gasteiger partial charge on any atom is 0.315 e. The normalized spacial score (nSPS) is 21.7. The molecule has 0 aromatic rings. The van der Waals surface area contributed by atoms with Crippen molar-refractivity contribution in [3.8, 4) is 0 Å². The molecule has 1 amide bonds. The number of halogens is 2. The Bertz CT molecular complexity index is 225. The summed E-state index contributed by atoms with van der Waals surface area (Å²) in [6, 6.07) is 0. The average Bonchev–Trinajstić information content (AvgIpc) is 2.19. The van der Waals surface area contributed by atoms with Crippen LogP contribution in [0.4, 0.5) is 8.78 Å². The van der Waals surface area contributed by atoms with Gasteiger partial charge in [0.05, 0.1) is 0 Å². The first-order valence-corrected chi connectivity index (χ1v) is 5.17. The second-order valence-electron chi connectivity index (χ2n) is 4.63. The van der Waals surface area contributed by atoms with Crippen LogP contribution in [0, 0.1) is 5.41 Å². The maximum absolute atomic E-state index is 11.9. The Morgan fingerprint density at radius 1 is 1.47 bits per heavy atom. The molecule has 0 aliphatic carbocycles. The summed E-state index contributed by atoms with van der Waals surface area (Å²) in [4.78, 5) is 12.9. The first-order chi connectivity index (χ1) is 6.93. The Morgan fingerprint density at radius 2 is 2.00 bits per heavy atom. The van der Waals surface area contributed by atoms with Gasteiger partial charge in [-0.1, -0.05) is 6.92 Å². The number of amides is 1. The van der Waals surface area contributed by atoms with Gasteiger partial charge in [-0.2, -0.15) is 8.78 Å². The molecule has 0 aromatic carbocycles. The molecule has 0 spiro atoms. The van der Waals surface area contributed by atoms with Gasteiger partial charge in [0.15, 0.2) is 0 Å². The van der Waals surface area contributed by atoms with Crippen LogP contribution in [-0.2, 0) is 4.79 Å². The zero-order valence-corrected chi connectivity index (χ0v) is 9.22. The highest BCUT2D eigenvalue weighted by Crippen LogP contribution is 2.29. The SMILES string of the molecule is CN1CCC(C)(CNC(=O)C(F)F)CC1. The van der Waals surface area contributed by atoms with Crippen molar-refractivity contribution in [3.05, 3.63) is 0 Å². The first kappa shape index (κ1) is 12.4. The highest BCUT2D eigenvalue weighted by molar-refractivity contribution is 5.79. The molecule has 0 saturated carbocycles. The lowest BCUT2D eigenvalue weighted by molar-refractivity contribution is -0.132. The lowest BCUT2D eigenvalue weighted by Gasteiger charge is -2.37. The molecule has 0 aromatic heterocycles. The van der Waals surface area contributed by atoms with Gasteiger partial charge in [0.25, 0.3) is 5.91 Å². The molecule has 1 aliphatic rings. The first-order valence-electron chi connectivity index (χ1n) is 5.17. The largest absolute Gasteiger partial charge is 0.351 e. The van der Waals surface area contributed by atoms with E-state index in [0.29, 0.717) is 6.54 Å². The smallest absolute Gasteiger partial charge is 0.315 e. The van der Waals surface area contributed by atoms with Gasteiger partial charge in [-0.05, 0) is 38.4 Å². The molecule has 5 heteroatoms. The van der Waals surface area contributed by atoms with Crippen molar-refractivity contribution in [1.82, 2.24) is 10.2 Å². The molecule has 1 aliphatic heterocycles. The third-order valence-electron chi connectivity index (χ3n) is 3.08. The molecular weight excluding hydrogens is 202 g/mol. The molecule has 15 heavy (non-hydrogen) atoms. The fourth-order valence-electron chi connectivity index (χ4n) is 1.71. The van der Waals surface area contributed by atoms with E-state index < -0.39 is 12.3 Å². The highest BCUT2D eigenvalue weighted by Gasteiger charge is 2.30. The Morgan fingerprint density at radius 3 is 2.47 bits per heavy atom. The number of hydrogen-bond acceptors (Lipinski definition) is 2. The van der Waals surface area contributed by atoms with E-state index in [1.54, 1.807) is 0 Å². The summed E-state index contributed by atoms with van der Waals surface area (Å²) >= 11 is 0. The Kier molecular flexibility index (Phi) is 4.02. The van der Waals surface area contributed by atoms with Crippen molar-refractivity contribution in [2.75, 3.05) is 26.7 Å². The number of hydrogen-bond donors (Lipinski definition) is 1. The van der Waals surface area contributed by atoms with E-state index in [1.807, 2.05) is 14.0 Å². The van der Waals surface area contributed by atoms with E-state index in [4.69, 9.17) is 0 Å². The van der Waals surface area contributed by atoms with Gasteiger partial charge < -0.3 is 10.2 Å². The van der Waals surface area contributed by atoms with Gasteiger partial charge in [0.1, 0.15) is 0 Å². The molecule has 1 N–H and O–H groups in total. The summed E-state index contributed by atoms with van der Waals surface area (Å²) in [6.45, 7) is 4.30. The van der Waals surface area contributed by atoms with Gasteiger partial charge in [0.2, 0.25) is 0 Å². The Labute approximate surface area is 88.8 Å². The minimum absolute atomic E-state index is 0.0307. The van der Waals surface area contributed by atoms with Crippen molar-refractivity contribution < 1.29 is 13.6 Å². The number of piperidine rings is 1. The number of carbonyl (C=O) groups excluding carboxylic acids is 1. The predicted octanol–water partition coefficient (Wildman–Crippen LogP) is 1.10. The summed E-state index contributed by atoms with van der Waals surface area (Å²) in [5, 5.41) is 2.30. The fourth-order valence-corrected chi connectivity index (χ4v) is 1.71. The van der Waals surface area contributed by atoms with Crippen molar-refractivity contribution in [1.29, 1.82) is 0 Å². The third-order valence-corrected chi connectivity index (χ3v) is 3.08. The van der Waals surface area contributed by atoms with Crippen LogP contribution in [0.3, 0.4) is 0 Å². The minimum atomic E-state index is -2.90. The topological polar surface area (TPSA) is 32.3 Å². The number of carbonyl (C=O) groups is 1. The van der Waals surface area contributed by atoms with Crippen molar-refractivity contribution in [2.24, 2.45) is 5.41 Å². The van der Waals surface area contributed by atoms with Crippen LogP contribution in [-0.4, -0.2) is 43.9 Å². The van der Waals surface area contributed by atoms with Crippen molar-refractivity contribution >= 4 is 5.91 Å². The maximum atomic E-state index is 11.9. The number of nitrogens with zero attached hydrogens (tertiary/aromatic N) is 1. The van der Waals surface area contributed by atoms with Gasteiger partial charge in [-0.25, -0.2) is 0 Å². The van der Waals surface area contributed by atoms with Crippen LogP contribution in [0.15, 0.2) is 0 Å². The molecule has 0 unspecified atom stereocenters. The molecular formula is C10H18F2N2O. The molecule has 0 radical (unpaired) electrons. The summed E-state index contributed by atoms with van der Waals surface area (Å²) in [5.41, 5.74) is -0.0307. The fraction of sp³-hybridized carbons (Fsp3) is 0.900. The van der Waals surface area contributed by atoms with Crippen LogP contribution < -0.4 is 5.32 Å². The van der Waals surface area contributed by atoms with Gasteiger partial charge >= 0.3 is 6.43 Å². The average molecular weight is 220 g/mol. The second kappa shape index (κ2) is 4.88. The Balaban J connectivity index is 2.34. The summed E-state index contributed by atoms with van der Waals surface area (Å²) in [6.07, 6.45) is -1.03. The van der Waals surface area contributed by atoms with E-state index in [9.17, 15) is 13.6 Å². The summed E-state index contributed by atoms with van der Waals surface area (Å²) in [7, 11) is 2.04. The molecule has 3 nitrogen and oxygen atoms in total. The van der Waals surface area contributed by atoms with E-state index in [0.717, 1.165) is 25.9 Å². The molecule has 1 fully saturated rings. The van der Waals surface area contributed by atoms with Crippen molar-refractivity contribution in [2.45, 2.75) is 26.2 Å². The zero-order chi connectivity index (χ0) is 11.5. The molecule has 1 saturated heterocycles. The molecule has 88 valence electrons. The number of rotatable bonds is 3. The quantitative estimate of drug-likeness (QED) is 0.772. The van der Waals surface area contributed by atoms with E-state index >= 15 is 0 Å². The lowest BCUT2D eigenvalue weighted by atomic mass is 9.80. The molecule has 0 atom stereocenters. The standard InChI is InChI=1S/C10H18F2N2O/c1-10(3-5-14(2)6-4-10)7-13-9(15)8(11)12/h8H,3-7H2,1-2H3,(H,13,15). The monoisotopic (exact) mass is 220 g/mol. The van der Waals surface area contributed by atoms with Crippen LogP contribution in [0.2, 0.25) is 0 Å². The van der Waals surface area contributed by atoms with E-state index in [1.165, 1.54) is 0 Å². The highest BCUT2D eigenvalue weighted by atomic mass is 19.3. The minimum Gasteiger partial charge on any atom is -0.351 e. The summed E-state index contributed by atoms with van der Waals surface area (Å²) in [5.74, 6) is -1.16. The zero-order valence-electron chi connectivity index (χ0n) is 9.22. The molecule has 1 rings (SSSR count). The number of nitrogens with one attached hydrogen (secondary N) is 1. The third kappa shape index (κ3) is 3.74. The van der Waals surface area contributed by atoms with Crippen molar-refractivity contribution in [3.63, 3.8) is 0 Å². The van der Waals surface area contributed by atoms with Gasteiger partial charge in [0, 0.05) is 6.54 Å². The lowest BCUT2D eigenvalue weighted by Crippen LogP contribution is -2.44. The summed E-state index contributed by atoms with van der Waals surface area (Å²) < 4.78 is 23.9. The van der Waals surface area contributed by atoms with E-state index in [2.05, 4.69) is 10.2 Å². The van der Waals surface area contributed by atoms with Gasteiger partial charge in [-0.3, -0.25) is 4.79 Å². The van der Waals surface area contributed by atoms with Crippen LogP contribution in [0.25, 0.3) is 0 Å². The number of alkyl halides is 2. The second-order valence-corrected chi connectivity index (χ2v) is 4.63. The van der Waals surface area contributed by atoms with E-state index in [-0.39, 0.29) is 5.41 Å². The molecule has 0 bridgehead atoms. The van der Waals surface area contributed by atoms with Crippen LogP contribution in [0.5, 0.6) is 0 Å². The predicted molar refractivity (Wildman–Crippen MR) is 53.9 cm³/mol. The number of likely N-dealkylation sites (tertiary alicyclic amines) is 1. The van der Waals surface area contributed by atoms with Gasteiger partial charge in [-0.15, -0.1) is 0 Å². The Hall–Kier alpha value is -0.710. The van der Waals surface area contributed by atoms with Crippen LogP contribution >= 0.6 is 0 Å². The van der Waals surface area contributed by atoms with Crippen LogP contribution in [0.1, 0.15) is 19.8 Å². The molecule has 1 heterocycles.